The number of carbonyl (C=O) groups excluding carboxylic acids is 1. The molecule has 29 heavy (non-hydrogen) atoms. The molecular formula is C19H26N4O3S3. The van der Waals surface area contributed by atoms with Gasteiger partial charge >= 0.3 is 5.97 Å². The first-order valence-corrected chi connectivity index (χ1v) is 11.9. The van der Waals surface area contributed by atoms with Gasteiger partial charge in [0.05, 0.1) is 23.2 Å². The first-order valence-electron chi connectivity index (χ1n) is 9.09. The Morgan fingerprint density at radius 1 is 1.31 bits per heavy atom. The van der Waals surface area contributed by atoms with Crippen molar-refractivity contribution in [2.24, 2.45) is 5.73 Å². The molecule has 0 aliphatic carbocycles. The standard InChI is InChI=1S/C19H26N4O3S3/c1-28-8-7-14(19(25)26)21-9-15-17(12-5-3-2-4-6-12)29-16(23-15)10-22-18(24)13(20)11-27/h2-6,13-14,21,27H,7-11,20H2,1H3,(H,22,24)(H,25,26)/t13-,14-/m0/s1. The summed E-state index contributed by atoms with van der Waals surface area (Å²) in [7, 11) is 0. The van der Waals surface area contributed by atoms with Crippen LogP contribution in [0.4, 0.5) is 0 Å². The fourth-order valence-corrected chi connectivity index (χ4v) is 4.22. The summed E-state index contributed by atoms with van der Waals surface area (Å²) in [6, 6.07) is 8.49. The lowest BCUT2D eigenvalue weighted by atomic mass is 10.1. The summed E-state index contributed by atoms with van der Waals surface area (Å²) in [6.45, 7) is 0.593. The van der Waals surface area contributed by atoms with E-state index in [0.29, 0.717) is 13.0 Å². The van der Waals surface area contributed by atoms with E-state index in [1.807, 2.05) is 36.6 Å². The minimum Gasteiger partial charge on any atom is -0.480 e. The molecule has 0 radical (unpaired) electrons. The Morgan fingerprint density at radius 3 is 2.66 bits per heavy atom. The second-order valence-electron chi connectivity index (χ2n) is 6.31. The number of thiazole rings is 1. The number of carboxylic acids is 1. The molecule has 2 atom stereocenters. The van der Waals surface area contributed by atoms with Gasteiger partial charge in [-0.05, 0) is 24.0 Å². The van der Waals surface area contributed by atoms with Gasteiger partial charge in [0.25, 0.3) is 0 Å². The number of benzene rings is 1. The lowest BCUT2D eigenvalue weighted by Crippen LogP contribution is -2.41. The highest BCUT2D eigenvalue weighted by atomic mass is 32.2. The van der Waals surface area contributed by atoms with Crippen LogP contribution in [-0.2, 0) is 22.7 Å². The van der Waals surface area contributed by atoms with Crippen LogP contribution in [-0.4, -0.2) is 51.8 Å². The number of aromatic nitrogens is 1. The van der Waals surface area contributed by atoms with Gasteiger partial charge in [-0.3, -0.25) is 14.9 Å². The summed E-state index contributed by atoms with van der Waals surface area (Å²) < 4.78 is 0. The van der Waals surface area contributed by atoms with Crippen LogP contribution >= 0.6 is 35.7 Å². The molecule has 0 bridgehead atoms. The van der Waals surface area contributed by atoms with Crippen LogP contribution in [0.5, 0.6) is 0 Å². The molecule has 1 amide bonds. The van der Waals surface area contributed by atoms with Crippen molar-refractivity contribution in [1.82, 2.24) is 15.6 Å². The minimum absolute atomic E-state index is 0.264. The zero-order chi connectivity index (χ0) is 21.2. The molecule has 10 heteroatoms. The molecule has 0 spiro atoms. The van der Waals surface area contributed by atoms with Gasteiger partial charge in [0.1, 0.15) is 11.0 Å². The predicted molar refractivity (Wildman–Crippen MR) is 122 cm³/mol. The third kappa shape index (κ3) is 7.31. The molecule has 0 aliphatic rings. The minimum atomic E-state index is -0.872. The van der Waals surface area contributed by atoms with E-state index in [9.17, 15) is 14.7 Å². The molecule has 0 saturated carbocycles. The highest BCUT2D eigenvalue weighted by molar-refractivity contribution is 7.98. The topological polar surface area (TPSA) is 117 Å². The Labute approximate surface area is 184 Å². The number of carboxylic acid groups (broad SMARTS) is 1. The van der Waals surface area contributed by atoms with Crippen LogP contribution in [0.15, 0.2) is 30.3 Å². The van der Waals surface area contributed by atoms with Gasteiger partial charge in [0, 0.05) is 12.3 Å². The monoisotopic (exact) mass is 454 g/mol. The molecule has 5 N–H and O–H groups in total. The molecule has 7 nitrogen and oxygen atoms in total. The van der Waals surface area contributed by atoms with Crippen molar-refractivity contribution in [3.05, 3.63) is 41.0 Å². The number of amides is 1. The van der Waals surface area contributed by atoms with Gasteiger partial charge in [0.2, 0.25) is 5.91 Å². The van der Waals surface area contributed by atoms with Crippen LogP contribution in [0, 0.1) is 0 Å². The first-order chi connectivity index (χ1) is 14.0. The number of nitrogens with one attached hydrogen (secondary N) is 2. The SMILES string of the molecule is CSCC[C@H](NCc1nc(CNC(=O)[C@@H](N)CS)sc1-c1ccccc1)C(=O)O. The maximum absolute atomic E-state index is 11.9. The largest absolute Gasteiger partial charge is 0.480 e. The smallest absolute Gasteiger partial charge is 0.320 e. The number of nitrogens with zero attached hydrogens (tertiary/aromatic N) is 1. The van der Waals surface area contributed by atoms with E-state index in [1.54, 1.807) is 11.8 Å². The molecule has 0 aliphatic heterocycles. The Hall–Kier alpha value is -1.59. The predicted octanol–water partition coefficient (Wildman–Crippen LogP) is 1.98. The van der Waals surface area contributed by atoms with Crippen molar-refractivity contribution in [3.8, 4) is 10.4 Å². The number of thioether (sulfide) groups is 1. The third-order valence-electron chi connectivity index (χ3n) is 4.15. The Balaban J connectivity index is 2.17. The maximum Gasteiger partial charge on any atom is 0.320 e. The van der Waals surface area contributed by atoms with E-state index in [1.165, 1.54) is 11.3 Å². The van der Waals surface area contributed by atoms with Crippen LogP contribution in [0.2, 0.25) is 0 Å². The van der Waals surface area contributed by atoms with Crippen molar-refractivity contribution < 1.29 is 14.7 Å². The average Bonchev–Trinajstić information content (AvgIpc) is 3.14. The van der Waals surface area contributed by atoms with Crippen molar-refractivity contribution in [1.29, 1.82) is 0 Å². The average molecular weight is 455 g/mol. The molecule has 0 saturated heterocycles. The summed E-state index contributed by atoms with van der Waals surface area (Å²) in [5.41, 5.74) is 7.45. The number of nitrogens with two attached hydrogens (primary N) is 1. The van der Waals surface area contributed by atoms with Gasteiger partial charge < -0.3 is 16.2 Å². The molecule has 158 valence electrons. The quantitative estimate of drug-likeness (QED) is 0.311. The second-order valence-corrected chi connectivity index (χ2v) is 8.74. The molecule has 1 aromatic heterocycles. The van der Waals surface area contributed by atoms with Crippen molar-refractivity contribution in [2.75, 3.05) is 17.8 Å². The number of hydrogen-bond donors (Lipinski definition) is 5. The van der Waals surface area contributed by atoms with E-state index in [0.717, 1.165) is 26.9 Å². The summed E-state index contributed by atoms with van der Waals surface area (Å²) in [5, 5.41) is 16.0. The van der Waals surface area contributed by atoms with Gasteiger partial charge in [-0.2, -0.15) is 24.4 Å². The van der Waals surface area contributed by atoms with E-state index in [2.05, 4.69) is 28.2 Å². The van der Waals surface area contributed by atoms with Gasteiger partial charge in [-0.1, -0.05) is 30.3 Å². The molecule has 2 aromatic rings. The summed E-state index contributed by atoms with van der Waals surface area (Å²) in [4.78, 5) is 29.0. The van der Waals surface area contributed by atoms with E-state index in [-0.39, 0.29) is 18.2 Å². The second kappa shape index (κ2) is 12.2. The first kappa shape index (κ1) is 23.7. The van der Waals surface area contributed by atoms with Gasteiger partial charge in [0.15, 0.2) is 0 Å². The van der Waals surface area contributed by atoms with E-state index >= 15 is 0 Å². The Morgan fingerprint density at radius 2 is 2.03 bits per heavy atom. The normalized spacial score (nSPS) is 13.1. The number of hydrogen-bond acceptors (Lipinski definition) is 8. The number of carbonyl (C=O) groups is 2. The Bertz CT molecular complexity index is 801. The number of rotatable bonds is 12. The molecular weight excluding hydrogens is 428 g/mol. The lowest BCUT2D eigenvalue weighted by Gasteiger charge is -2.13. The van der Waals surface area contributed by atoms with Crippen molar-refractivity contribution in [3.63, 3.8) is 0 Å². The molecule has 2 rings (SSSR count). The zero-order valence-electron chi connectivity index (χ0n) is 16.1. The highest BCUT2D eigenvalue weighted by Gasteiger charge is 2.20. The van der Waals surface area contributed by atoms with Crippen molar-refractivity contribution in [2.45, 2.75) is 31.6 Å². The summed E-state index contributed by atoms with van der Waals surface area (Å²) in [6.07, 6.45) is 2.49. The lowest BCUT2D eigenvalue weighted by molar-refractivity contribution is -0.139. The zero-order valence-corrected chi connectivity index (χ0v) is 18.7. The maximum atomic E-state index is 11.9. The summed E-state index contributed by atoms with van der Waals surface area (Å²) in [5.74, 6) is -0.126. The van der Waals surface area contributed by atoms with Crippen LogP contribution < -0.4 is 16.4 Å². The van der Waals surface area contributed by atoms with E-state index < -0.39 is 18.1 Å². The third-order valence-corrected chi connectivity index (χ3v) is 6.33. The van der Waals surface area contributed by atoms with Gasteiger partial charge in [-0.15, -0.1) is 11.3 Å². The molecule has 0 unspecified atom stereocenters. The van der Waals surface area contributed by atoms with Gasteiger partial charge in [-0.25, -0.2) is 4.98 Å². The molecule has 0 fully saturated rings. The highest BCUT2D eigenvalue weighted by Crippen LogP contribution is 2.30. The van der Waals surface area contributed by atoms with Crippen LogP contribution in [0.25, 0.3) is 10.4 Å². The molecule has 1 aromatic carbocycles. The van der Waals surface area contributed by atoms with Crippen LogP contribution in [0.1, 0.15) is 17.1 Å². The number of thiol groups is 1. The fraction of sp³-hybridized carbons (Fsp3) is 0.421. The fourth-order valence-electron chi connectivity index (χ4n) is 2.56. The molecule has 1 heterocycles. The van der Waals surface area contributed by atoms with Crippen LogP contribution in [0.3, 0.4) is 0 Å². The number of aliphatic carboxylic acids is 1. The van der Waals surface area contributed by atoms with E-state index in [4.69, 9.17) is 5.73 Å². The summed E-state index contributed by atoms with van der Waals surface area (Å²) >= 11 is 7.12. The Kier molecular flexibility index (Phi) is 9.95. The van der Waals surface area contributed by atoms with Crippen molar-refractivity contribution >= 4 is 47.6 Å².